The molecule has 0 unspecified atom stereocenters. The van der Waals surface area contributed by atoms with E-state index >= 15 is 0 Å². The van der Waals surface area contributed by atoms with E-state index in [-0.39, 0.29) is 5.91 Å². The highest BCUT2D eigenvalue weighted by atomic mass is 32.2. The summed E-state index contributed by atoms with van der Waals surface area (Å²) in [6.45, 7) is 0. The van der Waals surface area contributed by atoms with Gasteiger partial charge in [0.25, 0.3) is 5.91 Å². The Kier molecular flexibility index (Phi) is 4.85. The fraction of sp³-hybridized carbons (Fsp3) is 0.273. The van der Waals surface area contributed by atoms with Crippen molar-refractivity contribution in [3.8, 4) is 0 Å². The number of rotatable bonds is 5. The third-order valence-corrected chi connectivity index (χ3v) is 2.64. The molecule has 0 saturated carbocycles. The third-order valence-electron chi connectivity index (χ3n) is 1.97. The van der Waals surface area contributed by atoms with Gasteiger partial charge in [0.05, 0.1) is 0 Å². The predicted molar refractivity (Wildman–Crippen MR) is 63.7 cm³/mol. The van der Waals surface area contributed by atoms with E-state index in [9.17, 15) is 9.59 Å². The van der Waals surface area contributed by atoms with E-state index in [2.05, 4.69) is 5.32 Å². The van der Waals surface area contributed by atoms with Crippen LogP contribution in [0.3, 0.4) is 0 Å². The van der Waals surface area contributed by atoms with Crippen LogP contribution in [0.4, 0.5) is 0 Å². The fourth-order valence-corrected chi connectivity index (χ4v) is 1.73. The minimum atomic E-state index is -1.02. The summed E-state index contributed by atoms with van der Waals surface area (Å²) in [5.41, 5.74) is 0.467. The van der Waals surface area contributed by atoms with Crippen LogP contribution in [0.25, 0.3) is 0 Å². The maximum Gasteiger partial charge on any atom is 0.327 e. The monoisotopic (exact) mass is 239 g/mol. The summed E-state index contributed by atoms with van der Waals surface area (Å²) >= 11 is 1.38. The number of carboxylic acid groups (broad SMARTS) is 1. The van der Waals surface area contributed by atoms with E-state index in [1.165, 1.54) is 11.8 Å². The molecule has 2 N–H and O–H groups in total. The summed E-state index contributed by atoms with van der Waals surface area (Å²) in [6, 6.07) is 7.72. The van der Waals surface area contributed by atoms with Gasteiger partial charge in [-0.25, -0.2) is 4.79 Å². The summed E-state index contributed by atoms with van der Waals surface area (Å²) in [7, 11) is 0. The molecule has 0 aliphatic heterocycles. The maximum atomic E-state index is 11.7. The van der Waals surface area contributed by atoms with Crippen LogP contribution in [0.1, 0.15) is 10.4 Å². The van der Waals surface area contributed by atoms with Crippen molar-refractivity contribution in [3.05, 3.63) is 35.9 Å². The summed E-state index contributed by atoms with van der Waals surface area (Å²) in [5.74, 6) is -1.02. The Labute approximate surface area is 98.0 Å². The summed E-state index contributed by atoms with van der Waals surface area (Å²) in [5, 5.41) is 11.3. The van der Waals surface area contributed by atoms with Crippen LogP contribution in [0.2, 0.25) is 0 Å². The number of nitrogens with one attached hydrogen (secondary N) is 1. The highest BCUT2D eigenvalue weighted by Crippen LogP contribution is 2.02. The van der Waals surface area contributed by atoms with Crippen molar-refractivity contribution >= 4 is 23.6 Å². The van der Waals surface area contributed by atoms with Crippen molar-refractivity contribution in [1.29, 1.82) is 0 Å². The van der Waals surface area contributed by atoms with E-state index in [1.807, 2.05) is 0 Å². The Morgan fingerprint density at radius 2 is 2.00 bits per heavy atom. The lowest BCUT2D eigenvalue weighted by Crippen LogP contribution is -2.42. The molecule has 1 rings (SSSR count). The van der Waals surface area contributed by atoms with Crippen molar-refractivity contribution < 1.29 is 14.7 Å². The third kappa shape index (κ3) is 3.58. The number of benzene rings is 1. The normalized spacial score (nSPS) is 11.8. The van der Waals surface area contributed by atoms with Gasteiger partial charge in [0.15, 0.2) is 0 Å². The number of thioether (sulfide) groups is 1. The predicted octanol–water partition coefficient (Wildman–Crippen LogP) is 1.23. The number of aliphatic carboxylic acids is 1. The maximum absolute atomic E-state index is 11.7. The number of hydrogen-bond donors (Lipinski definition) is 2. The Hall–Kier alpha value is -1.49. The van der Waals surface area contributed by atoms with Crippen LogP contribution in [-0.2, 0) is 4.79 Å². The van der Waals surface area contributed by atoms with Gasteiger partial charge in [-0.05, 0) is 18.4 Å². The Morgan fingerprint density at radius 3 is 2.50 bits per heavy atom. The minimum Gasteiger partial charge on any atom is -0.480 e. The number of amides is 1. The zero-order chi connectivity index (χ0) is 12.0. The molecule has 5 heteroatoms. The van der Waals surface area contributed by atoms with Crippen molar-refractivity contribution in [2.75, 3.05) is 12.0 Å². The first-order valence-corrected chi connectivity index (χ1v) is 6.12. The molecule has 0 fully saturated rings. The van der Waals surface area contributed by atoms with Gasteiger partial charge in [0.1, 0.15) is 6.04 Å². The highest BCUT2D eigenvalue weighted by molar-refractivity contribution is 7.98. The SMILES string of the molecule is CSC[C@H](NC(=O)c1ccccc1)C(=O)O. The molecule has 0 aliphatic carbocycles. The van der Waals surface area contributed by atoms with Crippen LogP contribution in [-0.4, -0.2) is 35.0 Å². The van der Waals surface area contributed by atoms with Gasteiger partial charge < -0.3 is 10.4 Å². The molecule has 1 aromatic rings. The Bertz CT molecular complexity index is 367. The van der Waals surface area contributed by atoms with Gasteiger partial charge in [-0.1, -0.05) is 18.2 Å². The molecule has 0 spiro atoms. The van der Waals surface area contributed by atoms with E-state index in [0.717, 1.165) is 0 Å². The highest BCUT2D eigenvalue weighted by Gasteiger charge is 2.19. The van der Waals surface area contributed by atoms with Crippen LogP contribution in [0.15, 0.2) is 30.3 Å². The van der Waals surface area contributed by atoms with E-state index in [1.54, 1.807) is 36.6 Å². The number of hydrogen-bond acceptors (Lipinski definition) is 3. The molecule has 0 radical (unpaired) electrons. The molecular formula is C11H13NO3S. The van der Waals surface area contributed by atoms with Gasteiger partial charge in [-0.2, -0.15) is 11.8 Å². The quantitative estimate of drug-likeness (QED) is 0.811. The second-order valence-electron chi connectivity index (χ2n) is 3.19. The molecule has 16 heavy (non-hydrogen) atoms. The van der Waals surface area contributed by atoms with Gasteiger partial charge in [-0.15, -0.1) is 0 Å². The molecular weight excluding hydrogens is 226 g/mol. The lowest BCUT2D eigenvalue weighted by Gasteiger charge is -2.12. The van der Waals surface area contributed by atoms with Crippen molar-refractivity contribution in [1.82, 2.24) is 5.32 Å². The summed E-state index contributed by atoms with van der Waals surface area (Å²) < 4.78 is 0. The van der Waals surface area contributed by atoms with Gasteiger partial charge in [-0.3, -0.25) is 4.79 Å². The Balaban J connectivity index is 2.65. The average molecular weight is 239 g/mol. The second-order valence-corrected chi connectivity index (χ2v) is 4.10. The minimum absolute atomic E-state index is 0.355. The van der Waals surface area contributed by atoms with Crippen LogP contribution in [0.5, 0.6) is 0 Å². The number of carbonyl (C=O) groups is 2. The number of carbonyl (C=O) groups excluding carboxylic acids is 1. The molecule has 0 aromatic heterocycles. The zero-order valence-electron chi connectivity index (χ0n) is 8.84. The molecule has 1 aromatic carbocycles. The fourth-order valence-electron chi connectivity index (χ4n) is 1.17. The molecule has 0 bridgehead atoms. The Morgan fingerprint density at radius 1 is 1.38 bits per heavy atom. The van der Waals surface area contributed by atoms with Gasteiger partial charge in [0, 0.05) is 11.3 Å². The molecule has 1 amide bonds. The van der Waals surface area contributed by atoms with E-state index in [0.29, 0.717) is 11.3 Å². The lowest BCUT2D eigenvalue weighted by molar-refractivity contribution is -0.138. The summed E-state index contributed by atoms with van der Waals surface area (Å²) in [4.78, 5) is 22.5. The van der Waals surface area contributed by atoms with Crippen molar-refractivity contribution in [2.24, 2.45) is 0 Å². The standard InChI is InChI=1S/C11H13NO3S/c1-16-7-9(11(14)15)12-10(13)8-5-3-2-4-6-8/h2-6,9H,7H2,1H3,(H,12,13)(H,14,15)/t9-/m0/s1. The second kappa shape index (κ2) is 6.17. The van der Waals surface area contributed by atoms with Crippen molar-refractivity contribution in [3.63, 3.8) is 0 Å². The van der Waals surface area contributed by atoms with E-state index in [4.69, 9.17) is 5.11 Å². The van der Waals surface area contributed by atoms with Crippen LogP contribution < -0.4 is 5.32 Å². The molecule has 4 nitrogen and oxygen atoms in total. The molecule has 86 valence electrons. The molecule has 0 aliphatic rings. The topological polar surface area (TPSA) is 66.4 Å². The van der Waals surface area contributed by atoms with Gasteiger partial charge in [0.2, 0.25) is 0 Å². The zero-order valence-corrected chi connectivity index (χ0v) is 9.66. The first-order valence-electron chi connectivity index (χ1n) is 4.73. The first-order chi connectivity index (χ1) is 7.65. The lowest BCUT2D eigenvalue weighted by atomic mass is 10.2. The van der Waals surface area contributed by atoms with Crippen LogP contribution >= 0.6 is 11.8 Å². The van der Waals surface area contributed by atoms with Gasteiger partial charge >= 0.3 is 5.97 Å². The molecule has 0 saturated heterocycles. The largest absolute Gasteiger partial charge is 0.480 e. The molecule has 0 heterocycles. The first kappa shape index (κ1) is 12.6. The summed E-state index contributed by atoms with van der Waals surface area (Å²) in [6.07, 6.45) is 1.80. The number of carboxylic acids is 1. The smallest absolute Gasteiger partial charge is 0.327 e. The van der Waals surface area contributed by atoms with Crippen molar-refractivity contribution in [2.45, 2.75) is 6.04 Å². The molecule has 1 atom stereocenters. The van der Waals surface area contributed by atoms with E-state index < -0.39 is 12.0 Å². The average Bonchev–Trinajstić information content (AvgIpc) is 2.29. The van der Waals surface area contributed by atoms with Crippen LogP contribution in [0, 0.1) is 0 Å².